The molecule has 2 aromatic carbocycles. The first kappa shape index (κ1) is 18.1. The first-order valence-electron chi connectivity index (χ1n) is 9.15. The first-order chi connectivity index (χ1) is 11.9. The number of hydrogen-bond acceptors (Lipinski definition) is 3. The molecule has 1 fully saturated rings. The highest BCUT2D eigenvalue weighted by atomic mass is 16.3. The maximum Gasteiger partial charge on any atom is 0.0923 e. The Kier molecular flexibility index (Phi) is 5.28. The van der Waals surface area contributed by atoms with Crippen molar-refractivity contribution in [3.63, 3.8) is 0 Å². The number of piperidine rings is 1. The van der Waals surface area contributed by atoms with Crippen LogP contribution >= 0.6 is 0 Å². The second-order valence-electron chi connectivity index (χ2n) is 7.51. The van der Waals surface area contributed by atoms with Crippen molar-refractivity contribution in [2.75, 3.05) is 19.6 Å². The average Bonchev–Trinajstić information content (AvgIpc) is 2.60. The lowest BCUT2D eigenvalue weighted by Gasteiger charge is -2.40. The van der Waals surface area contributed by atoms with Gasteiger partial charge < -0.3 is 15.1 Å². The van der Waals surface area contributed by atoms with Gasteiger partial charge in [-0.2, -0.15) is 0 Å². The van der Waals surface area contributed by atoms with Crippen molar-refractivity contribution in [3.8, 4) is 0 Å². The van der Waals surface area contributed by atoms with Crippen LogP contribution in [0.15, 0.2) is 42.5 Å². The second-order valence-corrected chi connectivity index (χ2v) is 7.51. The minimum atomic E-state index is -0.743. The Morgan fingerprint density at radius 1 is 0.960 bits per heavy atom. The van der Waals surface area contributed by atoms with Gasteiger partial charge in [0.25, 0.3) is 0 Å². The minimum Gasteiger partial charge on any atom is -0.387 e. The lowest BCUT2D eigenvalue weighted by molar-refractivity contribution is -0.0348. The summed E-state index contributed by atoms with van der Waals surface area (Å²) in [6, 6.07) is 14.3. The fraction of sp³-hybridized carbons (Fsp3) is 0.455. The van der Waals surface area contributed by atoms with E-state index in [2.05, 4.69) is 43.9 Å². The summed E-state index contributed by atoms with van der Waals surface area (Å²) < 4.78 is 0. The van der Waals surface area contributed by atoms with E-state index in [0.29, 0.717) is 19.4 Å². The summed E-state index contributed by atoms with van der Waals surface area (Å²) in [7, 11) is 0. The van der Waals surface area contributed by atoms with Crippen LogP contribution in [0, 0.1) is 20.8 Å². The zero-order valence-electron chi connectivity index (χ0n) is 15.5. The van der Waals surface area contributed by atoms with E-state index in [9.17, 15) is 10.2 Å². The van der Waals surface area contributed by atoms with Gasteiger partial charge in [-0.3, -0.25) is 0 Å². The molecule has 3 rings (SSSR count). The predicted molar refractivity (Wildman–Crippen MR) is 102 cm³/mol. The van der Waals surface area contributed by atoms with Gasteiger partial charge in [0.1, 0.15) is 0 Å². The number of rotatable bonds is 4. The van der Waals surface area contributed by atoms with E-state index in [4.69, 9.17) is 0 Å². The smallest absolute Gasteiger partial charge is 0.0923 e. The van der Waals surface area contributed by atoms with Gasteiger partial charge in [-0.15, -0.1) is 0 Å². The van der Waals surface area contributed by atoms with Crippen LogP contribution in [-0.4, -0.2) is 34.7 Å². The Morgan fingerprint density at radius 2 is 1.64 bits per heavy atom. The van der Waals surface area contributed by atoms with Gasteiger partial charge in [0.05, 0.1) is 11.7 Å². The van der Waals surface area contributed by atoms with Crippen LogP contribution in [0.1, 0.15) is 46.8 Å². The van der Waals surface area contributed by atoms with E-state index in [-0.39, 0.29) is 0 Å². The molecule has 2 N–H and O–H groups in total. The molecule has 1 heterocycles. The molecule has 0 unspecified atom stereocenters. The number of aryl methyl sites for hydroxylation is 3. The van der Waals surface area contributed by atoms with Crippen LogP contribution < -0.4 is 0 Å². The maximum atomic E-state index is 11.1. The van der Waals surface area contributed by atoms with Crippen molar-refractivity contribution in [1.29, 1.82) is 0 Å². The summed E-state index contributed by atoms with van der Waals surface area (Å²) in [5.74, 6) is 0. The van der Waals surface area contributed by atoms with Crippen molar-refractivity contribution in [3.05, 3.63) is 70.3 Å². The molecule has 0 aliphatic carbocycles. The molecule has 0 spiro atoms. The molecule has 25 heavy (non-hydrogen) atoms. The van der Waals surface area contributed by atoms with Crippen molar-refractivity contribution in [2.24, 2.45) is 0 Å². The lowest BCUT2D eigenvalue weighted by atomic mass is 9.82. The van der Waals surface area contributed by atoms with Gasteiger partial charge in [-0.25, -0.2) is 0 Å². The third-order valence-corrected chi connectivity index (χ3v) is 5.68. The quantitative estimate of drug-likeness (QED) is 0.894. The SMILES string of the molecule is Cc1ccc([C@@H](O)CN2CCC(O)(c3ccccc3C)CC2)cc1C. The number of aliphatic hydroxyl groups is 2. The molecule has 0 radical (unpaired) electrons. The van der Waals surface area contributed by atoms with Crippen molar-refractivity contribution >= 4 is 0 Å². The Bertz CT molecular complexity index is 733. The van der Waals surface area contributed by atoms with E-state index in [1.54, 1.807) is 0 Å². The maximum absolute atomic E-state index is 11.1. The molecule has 1 aliphatic heterocycles. The van der Waals surface area contributed by atoms with Crippen molar-refractivity contribution < 1.29 is 10.2 Å². The van der Waals surface area contributed by atoms with Crippen molar-refractivity contribution in [1.82, 2.24) is 4.90 Å². The van der Waals surface area contributed by atoms with Crippen LogP contribution in [-0.2, 0) is 5.60 Å². The molecule has 0 bridgehead atoms. The van der Waals surface area contributed by atoms with Crippen molar-refractivity contribution in [2.45, 2.75) is 45.3 Å². The Hall–Kier alpha value is -1.68. The van der Waals surface area contributed by atoms with E-state index < -0.39 is 11.7 Å². The molecule has 1 saturated heterocycles. The van der Waals surface area contributed by atoms with E-state index in [0.717, 1.165) is 29.8 Å². The van der Waals surface area contributed by atoms with Gasteiger partial charge in [0, 0.05) is 19.6 Å². The molecule has 3 heteroatoms. The number of benzene rings is 2. The van der Waals surface area contributed by atoms with Gasteiger partial charge >= 0.3 is 0 Å². The van der Waals surface area contributed by atoms with E-state index in [1.165, 1.54) is 11.1 Å². The number of β-amino-alcohol motifs (C(OH)–C–C–N with tert-alkyl or cyclic N) is 1. The molecule has 0 amide bonds. The van der Waals surface area contributed by atoms with E-state index in [1.807, 2.05) is 24.3 Å². The summed E-state index contributed by atoms with van der Waals surface area (Å²) in [6.45, 7) is 8.44. The molecule has 3 nitrogen and oxygen atoms in total. The molecular formula is C22H29NO2. The van der Waals surface area contributed by atoms with Crippen LogP contribution in [0.25, 0.3) is 0 Å². The fourth-order valence-corrected chi connectivity index (χ4v) is 3.79. The standard InChI is InChI=1S/C22H29NO2/c1-16-8-9-19(14-18(16)3)21(24)15-23-12-10-22(25,11-13-23)20-7-5-4-6-17(20)2/h4-9,14,21,24-25H,10-13,15H2,1-3H3/t21-/m0/s1. The summed E-state index contributed by atoms with van der Waals surface area (Å²) in [4.78, 5) is 2.26. The topological polar surface area (TPSA) is 43.7 Å². The molecule has 2 aromatic rings. The highest BCUT2D eigenvalue weighted by Gasteiger charge is 2.35. The lowest BCUT2D eigenvalue weighted by Crippen LogP contribution is -2.44. The predicted octanol–water partition coefficient (Wildman–Crippen LogP) is 3.63. The van der Waals surface area contributed by atoms with E-state index >= 15 is 0 Å². The van der Waals surface area contributed by atoms with Crippen LogP contribution in [0.5, 0.6) is 0 Å². The number of hydrogen-bond donors (Lipinski definition) is 2. The summed E-state index contributed by atoms with van der Waals surface area (Å²) >= 11 is 0. The van der Waals surface area contributed by atoms with Gasteiger partial charge in [-0.1, -0.05) is 42.5 Å². The molecule has 1 atom stereocenters. The zero-order chi connectivity index (χ0) is 18.0. The highest BCUT2D eigenvalue weighted by molar-refractivity contribution is 5.32. The number of likely N-dealkylation sites (tertiary alicyclic amines) is 1. The summed E-state index contributed by atoms with van der Waals surface area (Å²) in [5.41, 5.74) is 4.88. The fourth-order valence-electron chi connectivity index (χ4n) is 3.79. The molecule has 0 aromatic heterocycles. The largest absolute Gasteiger partial charge is 0.387 e. The number of aliphatic hydroxyl groups excluding tert-OH is 1. The third kappa shape index (κ3) is 3.95. The average molecular weight is 339 g/mol. The van der Waals surface area contributed by atoms with Crippen LogP contribution in [0.3, 0.4) is 0 Å². The first-order valence-corrected chi connectivity index (χ1v) is 9.15. The highest BCUT2D eigenvalue weighted by Crippen LogP contribution is 2.35. The number of nitrogens with zero attached hydrogens (tertiary/aromatic N) is 1. The molecule has 0 saturated carbocycles. The van der Waals surface area contributed by atoms with Crippen LogP contribution in [0.2, 0.25) is 0 Å². The Labute approximate surface area is 150 Å². The zero-order valence-corrected chi connectivity index (χ0v) is 15.5. The Morgan fingerprint density at radius 3 is 2.28 bits per heavy atom. The Balaban J connectivity index is 1.62. The summed E-state index contributed by atoms with van der Waals surface area (Å²) in [5, 5.41) is 21.6. The monoisotopic (exact) mass is 339 g/mol. The second kappa shape index (κ2) is 7.28. The molecule has 1 aliphatic rings. The minimum absolute atomic E-state index is 0.482. The normalized spacial score (nSPS) is 18.9. The van der Waals surface area contributed by atoms with Gasteiger partial charge in [-0.05, 0) is 61.4 Å². The van der Waals surface area contributed by atoms with Gasteiger partial charge in [0.15, 0.2) is 0 Å². The van der Waals surface area contributed by atoms with Gasteiger partial charge in [0.2, 0.25) is 0 Å². The van der Waals surface area contributed by atoms with Crippen LogP contribution in [0.4, 0.5) is 0 Å². The third-order valence-electron chi connectivity index (χ3n) is 5.68. The molecule has 134 valence electrons. The molecular weight excluding hydrogens is 310 g/mol. The summed E-state index contributed by atoms with van der Waals surface area (Å²) in [6.07, 6.45) is 0.929.